The molecule has 2 rings (SSSR count). The first kappa shape index (κ1) is 13.1. The number of nitrogens with zero attached hydrogens (tertiary/aromatic N) is 1. The Balaban J connectivity index is 2.56. The molecule has 1 heterocycles. The lowest BCUT2D eigenvalue weighted by atomic mass is 10.0. The predicted octanol–water partition coefficient (Wildman–Crippen LogP) is 3.32. The monoisotopic (exact) mass is 319 g/mol. The van der Waals surface area contributed by atoms with Crippen molar-refractivity contribution < 1.29 is 13.2 Å². The molecule has 7 heteroatoms. The van der Waals surface area contributed by atoms with Crippen LogP contribution in [0, 0.1) is 0 Å². The van der Waals surface area contributed by atoms with Crippen LogP contribution in [0.4, 0.5) is 13.2 Å². The van der Waals surface area contributed by atoms with Crippen molar-refractivity contribution in [2.24, 2.45) is 5.73 Å². The summed E-state index contributed by atoms with van der Waals surface area (Å²) in [6.45, 7) is 0.199. The van der Waals surface area contributed by atoms with Crippen molar-refractivity contribution in [3.05, 3.63) is 40.0 Å². The fraction of sp³-hybridized carbons (Fsp3) is 0.182. The second-order valence-corrected chi connectivity index (χ2v) is 4.59. The third-order valence-electron chi connectivity index (χ3n) is 2.41. The van der Waals surface area contributed by atoms with Gasteiger partial charge in [0.25, 0.3) is 0 Å². The van der Waals surface area contributed by atoms with Gasteiger partial charge in [-0.3, -0.25) is 5.10 Å². The highest BCUT2D eigenvalue weighted by Crippen LogP contribution is 2.38. The third-order valence-corrected chi connectivity index (χ3v) is 2.91. The lowest BCUT2D eigenvalue weighted by Crippen LogP contribution is -2.07. The van der Waals surface area contributed by atoms with Crippen LogP contribution >= 0.6 is 15.9 Å². The summed E-state index contributed by atoms with van der Waals surface area (Å²) < 4.78 is 39.1. The standard InChI is InChI=1S/C11H9BrF3N3/c12-6-1-2-8(9(3-6)11(13,14)15)10-4-7(5-16)17-18-10/h1-4H,5,16H2,(H,17,18). The van der Waals surface area contributed by atoms with Crippen LogP contribution in [0.2, 0.25) is 0 Å². The number of aromatic amines is 1. The van der Waals surface area contributed by atoms with Crippen LogP contribution in [-0.4, -0.2) is 10.2 Å². The molecule has 0 saturated carbocycles. The molecular weight excluding hydrogens is 311 g/mol. The lowest BCUT2D eigenvalue weighted by Gasteiger charge is -2.11. The number of hydrogen-bond donors (Lipinski definition) is 2. The van der Waals surface area contributed by atoms with E-state index in [0.717, 1.165) is 6.07 Å². The van der Waals surface area contributed by atoms with Gasteiger partial charge >= 0.3 is 6.18 Å². The van der Waals surface area contributed by atoms with Crippen LogP contribution < -0.4 is 5.73 Å². The summed E-state index contributed by atoms with van der Waals surface area (Å²) in [6, 6.07) is 5.47. The molecule has 3 nitrogen and oxygen atoms in total. The molecule has 0 unspecified atom stereocenters. The van der Waals surface area contributed by atoms with Crippen molar-refractivity contribution >= 4 is 15.9 Å². The molecule has 0 aliphatic heterocycles. The van der Waals surface area contributed by atoms with Crippen LogP contribution in [-0.2, 0) is 12.7 Å². The Morgan fingerprint density at radius 1 is 1.28 bits per heavy atom. The first-order valence-electron chi connectivity index (χ1n) is 5.03. The topological polar surface area (TPSA) is 54.7 Å². The van der Waals surface area contributed by atoms with Gasteiger partial charge in [-0.2, -0.15) is 18.3 Å². The van der Waals surface area contributed by atoms with Gasteiger partial charge in [-0.1, -0.05) is 22.0 Å². The minimum Gasteiger partial charge on any atom is -0.325 e. The van der Waals surface area contributed by atoms with Crippen LogP contribution in [0.25, 0.3) is 11.3 Å². The van der Waals surface area contributed by atoms with Gasteiger partial charge in [0.2, 0.25) is 0 Å². The van der Waals surface area contributed by atoms with Gasteiger partial charge in [0.15, 0.2) is 0 Å². The highest BCUT2D eigenvalue weighted by Gasteiger charge is 2.34. The Labute approximate surface area is 109 Å². The number of aromatic nitrogens is 2. The van der Waals surface area contributed by atoms with E-state index in [1.165, 1.54) is 12.1 Å². The van der Waals surface area contributed by atoms with E-state index in [-0.39, 0.29) is 17.8 Å². The molecule has 0 atom stereocenters. The molecule has 0 saturated heterocycles. The van der Waals surface area contributed by atoms with Crippen molar-refractivity contribution in [3.8, 4) is 11.3 Å². The molecule has 0 bridgehead atoms. The highest BCUT2D eigenvalue weighted by molar-refractivity contribution is 9.10. The number of nitrogens with two attached hydrogens (primary N) is 1. The van der Waals surface area contributed by atoms with E-state index < -0.39 is 11.7 Å². The number of halogens is 4. The Bertz CT molecular complexity index is 563. The fourth-order valence-electron chi connectivity index (χ4n) is 1.58. The highest BCUT2D eigenvalue weighted by atomic mass is 79.9. The SMILES string of the molecule is NCc1cc(-c2ccc(Br)cc2C(F)(F)F)n[nH]1. The van der Waals surface area contributed by atoms with E-state index in [9.17, 15) is 13.2 Å². The number of benzene rings is 1. The first-order chi connectivity index (χ1) is 8.41. The van der Waals surface area contributed by atoms with E-state index >= 15 is 0 Å². The maximum Gasteiger partial charge on any atom is 0.417 e. The molecule has 3 N–H and O–H groups in total. The average Bonchev–Trinajstić information content (AvgIpc) is 2.76. The van der Waals surface area contributed by atoms with Gasteiger partial charge in [0.05, 0.1) is 11.3 Å². The normalized spacial score (nSPS) is 11.8. The molecule has 0 aliphatic carbocycles. The van der Waals surface area contributed by atoms with Crippen molar-refractivity contribution in [3.63, 3.8) is 0 Å². The van der Waals surface area contributed by atoms with Gasteiger partial charge in [-0.15, -0.1) is 0 Å². The quantitative estimate of drug-likeness (QED) is 0.892. The maximum atomic E-state index is 12.9. The van der Waals surface area contributed by atoms with Gasteiger partial charge in [0, 0.05) is 22.3 Å². The Kier molecular flexibility index (Phi) is 3.45. The van der Waals surface area contributed by atoms with Gasteiger partial charge in [-0.05, 0) is 18.2 Å². The number of alkyl halides is 3. The van der Waals surface area contributed by atoms with Crippen molar-refractivity contribution in [2.75, 3.05) is 0 Å². The summed E-state index contributed by atoms with van der Waals surface area (Å²) in [6.07, 6.45) is -4.43. The van der Waals surface area contributed by atoms with E-state index in [2.05, 4.69) is 26.1 Å². The van der Waals surface area contributed by atoms with E-state index in [4.69, 9.17) is 5.73 Å². The van der Waals surface area contributed by atoms with Gasteiger partial charge in [0.1, 0.15) is 0 Å². The molecule has 0 amide bonds. The second-order valence-electron chi connectivity index (χ2n) is 3.67. The fourth-order valence-corrected chi connectivity index (χ4v) is 1.94. The molecule has 0 fully saturated rings. The Morgan fingerprint density at radius 2 is 2.00 bits per heavy atom. The molecular formula is C11H9BrF3N3. The summed E-state index contributed by atoms with van der Waals surface area (Å²) in [5.74, 6) is 0. The summed E-state index contributed by atoms with van der Waals surface area (Å²) >= 11 is 3.03. The first-order valence-corrected chi connectivity index (χ1v) is 5.82. The summed E-state index contributed by atoms with van der Waals surface area (Å²) in [7, 11) is 0. The lowest BCUT2D eigenvalue weighted by molar-refractivity contribution is -0.137. The van der Waals surface area contributed by atoms with E-state index in [1.807, 2.05) is 0 Å². The molecule has 1 aromatic heterocycles. The number of H-pyrrole nitrogens is 1. The van der Waals surface area contributed by atoms with Crippen molar-refractivity contribution in [1.29, 1.82) is 0 Å². The van der Waals surface area contributed by atoms with E-state index in [0.29, 0.717) is 10.2 Å². The molecule has 2 aromatic rings. The average molecular weight is 320 g/mol. The minimum absolute atomic E-state index is 0.0293. The molecule has 0 aliphatic rings. The zero-order valence-corrected chi connectivity index (χ0v) is 10.6. The van der Waals surface area contributed by atoms with Crippen LogP contribution in [0.15, 0.2) is 28.7 Å². The Hall–Kier alpha value is -1.34. The molecule has 0 spiro atoms. The zero-order chi connectivity index (χ0) is 13.3. The number of hydrogen-bond acceptors (Lipinski definition) is 2. The van der Waals surface area contributed by atoms with Crippen molar-refractivity contribution in [2.45, 2.75) is 12.7 Å². The number of rotatable bonds is 2. The maximum absolute atomic E-state index is 12.9. The molecule has 0 radical (unpaired) electrons. The van der Waals surface area contributed by atoms with Crippen LogP contribution in [0.5, 0.6) is 0 Å². The largest absolute Gasteiger partial charge is 0.417 e. The predicted molar refractivity (Wildman–Crippen MR) is 64.6 cm³/mol. The van der Waals surface area contributed by atoms with Crippen molar-refractivity contribution in [1.82, 2.24) is 10.2 Å². The summed E-state index contributed by atoms with van der Waals surface area (Å²) in [4.78, 5) is 0. The van der Waals surface area contributed by atoms with E-state index in [1.54, 1.807) is 6.07 Å². The molecule has 1 aromatic carbocycles. The van der Waals surface area contributed by atoms with Gasteiger partial charge < -0.3 is 5.73 Å². The smallest absolute Gasteiger partial charge is 0.325 e. The second kappa shape index (κ2) is 4.74. The summed E-state index contributed by atoms with van der Waals surface area (Å²) in [5.41, 5.74) is 5.50. The third kappa shape index (κ3) is 2.56. The van der Waals surface area contributed by atoms with Gasteiger partial charge in [-0.25, -0.2) is 0 Å². The number of nitrogens with one attached hydrogen (secondary N) is 1. The summed E-state index contributed by atoms with van der Waals surface area (Å²) in [5, 5.41) is 6.43. The Morgan fingerprint density at radius 3 is 2.56 bits per heavy atom. The van der Waals surface area contributed by atoms with Crippen LogP contribution in [0.1, 0.15) is 11.3 Å². The zero-order valence-electron chi connectivity index (χ0n) is 9.05. The van der Waals surface area contributed by atoms with Crippen LogP contribution in [0.3, 0.4) is 0 Å². The minimum atomic E-state index is -4.43. The molecule has 96 valence electrons. The molecule has 18 heavy (non-hydrogen) atoms.